The van der Waals surface area contributed by atoms with E-state index in [1.807, 2.05) is 36.4 Å². The zero-order chi connectivity index (χ0) is 15.5. The van der Waals surface area contributed by atoms with Gasteiger partial charge in [0.15, 0.2) is 0 Å². The molecule has 0 aromatic heterocycles. The molecule has 0 heterocycles. The number of halogens is 3. The van der Waals surface area contributed by atoms with Gasteiger partial charge in [-0.15, -0.1) is 0 Å². The molecule has 0 aliphatic rings. The Balaban J connectivity index is 2.10. The van der Waals surface area contributed by atoms with Crippen molar-refractivity contribution in [2.45, 2.75) is 0 Å². The van der Waals surface area contributed by atoms with Gasteiger partial charge in [-0.2, -0.15) is 0 Å². The fraction of sp³-hybridized carbons (Fsp3) is 0. The van der Waals surface area contributed by atoms with Crippen molar-refractivity contribution in [2.75, 3.05) is 0 Å². The van der Waals surface area contributed by atoms with Crippen LogP contribution in [0.3, 0.4) is 0 Å². The van der Waals surface area contributed by atoms with Gasteiger partial charge in [-0.25, -0.2) is 0 Å². The molecule has 0 nitrogen and oxygen atoms in total. The monoisotopic (exact) mass is 526 g/mol. The Labute approximate surface area is 147 Å². The zero-order valence-electron chi connectivity index (χ0n) is 11.5. The van der Waals surface area contributed by atoms with Crippen molar-refractivity contribution in [3.8, 4) is 0 Å². The first-order valence-corrected chi connectivity index (χ1v) is 12.7. The van der Waals surface area contributed by atoms with Crippen LogP contribution in [-0.2, 0) is 0 Å². The second kappa shape index (κ2) is 7.09. The van der Waals surface area contributed by atoms with Gasteiger partial charge in [0.05, 0.1) is 0 Å². The van der Waals surface area contributed by atoms with Gasteiger partial charge in [0.2, 0.25) is 0 Å². The van der Waals surface area contributed by atoms with Crippen molar-refractivity contribution >= 4 is 54.8 Å². The van der Waals surface area contributed by atoms with Crippen LogP contribution in [0.2, 0.25) is 10.0 Å². The van der Waals surface area contributed by atoms with Crippen LogP contribution in [0.4, 0.5) is 4.39 Å². The summed E-state index contributed by atoms with van der Waals surface area (Å²) in [6.45, 7) is 0. The van der Waals surface area contributed by atoms with Gasteiger partial charge in [0.25, 0.3) is 0 Å². The van der Waals surface area contributed by atoms with E-state index in [1.165, 1.54) is 21.9 Å². The van der Waals surface area contributed by atoms with Crippen molar-refractivity contribution in [1.29, 1.82) is 0 Å². The van der Waals surface area contributed by atoms with Gasteiger partial charge in [0, 0.05) is 0 Å². The van der Waals surface area contributed by atoms with Gasteiger partial charge in [-0.3, -0.25) is 0 Å². The Morgan fingerprint density at radius 3 is 1.23 bits per heavy atom. The number of hydrogen-bond donors (Lipinski definition) is 0. The third kappa shape index (κ3) is 3.68. The second-order valence-electron chi connectivity index (χ2n) is 4.76. The van der Waals surface area contributed by atoms with Crippen LogP contribution in [0, 0.1) is 5.82 Å². The molecule has 4 heteroatoms. The van der Waals surface area contributed by atoms with Crippen molar-refractivity contribution in [3.63, 3.8) is 0 Å². The van der Waals surface area contributed by atoms with Crippen LogP contribution in [0.1, 0.15) is 0 Å². The number of benzene rings is 3. The molecule has 3 rings (SSSR count). The van der Waals surface area contributed by atoms with Gasteiger partial charge in [0.1, 0.15) is 0 Å². The summed E-state index contributed by atoms with van der Waals surface area (Å²) in [5.41, 5.74) is 0. The van der Waals surface area contributed by atoms with Gasteiger partial charge in [-0.1, -0.05) is 0 Å². The maximum absolute atomic E-state index is 13.2. The average Bonchev–Trinajstić information content (AvgIpc) is 2.53. The molecule has 0 N–H and O–H groups in total. The Bertz CT molecular complexity index is 644. The first-order valence-electron chi connectivity index (χ1n) is 6.70. The fourth-order valence-corrected chi connectivity index (χ4v) is 11.2. The van der Waals surface area contributed by atoms with E-state index >= 15 is 0 Å². The minimum atomic E-state index is -2.43. The fourth-order valence-electron chi connectivity index (χ4n) is 2.22. The summed E-state index contributed by atoms with van der Waals surface area (Å²) in [6, 6.07) is 22.8. The van der Waals surface area contributed by atoms with E-state index in [2.05, 4.69) is 24.3 Å². The third-order valence-electron chi connectivity index (χ3n) is 3.25. The van der Waals surface area contributed by atoms with E-state index < -0.39 is 21.8 Å². The number of hydrogen-bond acceptors (Lipinski definition) is 0. The average molecular weight is 527 g/mol. The van der Waals surface area contributed by atoms with E-state index in [4.69, 9.17) is 23.2 Å². The molecule has 3 aromatic rings. The quantitative estimate of drug-likeness (QED) is 0.457. The summed E-state index contributed by atoms with van der Waals surface area (Å²) in [4.78, 5) is 0. The second-order valence-corrected chi connectivity index (χ2v) is 14.3. The van der Waals surface area contributed by atoms with E-state index in [-0.39, 0.29) is 5.82 Å². The molecule has 0 radical (unpaired) electrons. The Kier molecular flexibility index (Phi) is 5.13. The first-order chi connectivity index (χ1) is 10.6. The SMILES string of the molecule is Fc1cc[c]([Bi]([c]2ccc(Cl)cc2)[c]2ccc(Cl)cc2)cc1. The van der Waals surface area contributed by atoms with Crippen LogP contribution < -0.4 is 9.81 Å². The molecular formula is C18H12BiCl2F. The Morgan fingerprint density at radius 2 is 0.864 bits per heavy atom. The van der Waals surface area contributed by atoms with Gasteiger partial charge < -0.3 is 0 Å². The van der Waals surface area contributed by atoms with E-state index in [0.717, 1.165) is 10.0 Å². The summed E-state index contributed by atoms with van der Waals surface area (Å²) in [6.07, 6.45) is 0. The molecule has 0 spiro atoms. The van der Waals surface area contributed by atoms with Crippen LogP contribution in [0.5, 0.6) is 0 Å². The summed E-state index contributed by atoms with van der Waals surface area (Å²) in [5, 5.41) is 1.45. The molecule has 0 atom stereocenters. The topological polar surface area (TPSA) is 0 Å². The maximum atomic E-state index is 13.2. The zero-order valence-corrected chi connectivity index (χ0v) is 16.5. The molecule has 0 aliphatic carbocycles. The van der Waals surface area contributed by atoms with Gasteiger partial charge >= 0.3 is 148 Å². The van der Waals surface area contributed by atoms with Crippen molar-refractivity contribution in [3.05, 3.63) is 88.7 Å². The predicted molar refractivity (Wildman–Crippen MR) is 94.0 cm³/mol. The number of rotatable bonds is 3. The molecule has 110 valence electrons. The Hall–Kier alpha value is -0.947. The van der Waals surface area contributed by atoms with Gasteiger partial charge in [-0.05, 0) is 0 Å². The molecular weight excluding hydrogens is 515 g/mol. The predicted octanol–water partition coefficient (Wildman–Crippen LogP) is 3.65. The van der Waals surface area contributed by atoms with E-state index in [0.29, 0.717) is 0 Å². The minimum absolute atomic E-state index is 0.208. The summed E-state index contributed by atoms with van der Waals surface area (Å²) >= 11 is 9.58. The normalized spacial score (nSPS) is 10.9. The molecule has 0 amide bonds. The van der Waals surface area contributed by atoms with E-state index in [1.54, 1.807) is 0 Å². The molecule has 0 unspecified atom stereocenters. The van der Waals surface area contributed by atoms with Crippen LogP contribution in [0.25, 0.3) is 0 Å². The van der Waals surface area contributed by atoms with Crippen molar-refractivity contribution < 1.29 is 4.39 Å². The molecule has 0 fully saturated rings. The van der Waals surface area contributed by atoms with Crippen LogP contribution in [0.15, 0.2) is 72.8 Å². The molecule has 0 saturated heterocycles. The molecule has 0 bridgehead atoms. The van der Waals surface area contributed by atoms with E-state index in [9.17, 15) is 4.39 Å². The Morgan fingerprint density at radius 1 is 0.545 bits per heavy atom. The first kappa shape index (κ1) is 15.9. The summed E-state index contributed by atoms with van der Waals surface area (Å²) in [5.74, 6) is -0.208. The molecule has 3 aromatic carbocycles. The summed E-state index contributed by atoms with van der Waals surface area (Å²) < 4.78 is 17.1. The molecule has 0 aliphatic heterocycles. The van der Waals surface area contributed by atoms with Crippen molar-refractivity contribution in [2.24, 2.45) is 0 Å². The molecule has 0 saturated carbocycles. The van der Waals surface area contributed by atoms with Crippen LogP contribution in [-0.4, -0.2) is 21.8 Å². The van der Waals surface area contributed by atoms with Crippen LogP contribution >= 0.6 is 23.2 Å². The molecule has 22 heavy (non-hydrogen) atoms. The summed E-state index contributed by atoms with van der Waals surface area (Å²) in [7, 11) is 0. The third-order valence-corrected chi connectivity index (χ3v) is 13.3. The van der Waals surface area contributed by atoms with Crippen molar-refractivity contribution in [1.82, 2.24) is 0 Å². The standard InChI is InChI=1S/2C6H4Cl.C6H4F.Bi/c3*7-6-4-2-1-3-5-6;/h3*2-5H;.